The molecule has 1 saturated heterocycles. The Morgan fingerprint density at radius 1 is 1.40 bits per heavy atom. The first-order valence-electron chi connectivity index (χ1n) is 8.43. The maximum absolute atomic E-state index is 12.4. The van der Waals surface area contributed by atoms with Gasteiger partial charge >= 0.3 is 0 Å². The van der Waals surface area contributed by atoms with E-state index in [0.29, 0.717) is 17.1 Å². The van der Waals surface area contributed by atoms with Gasteiger partial charge in [-0.3, -0.25) is 9.69 Å². The summed E-state index contributed by atoms with van der Waals surface area (Å²) in [7, 11) is 0. The van der Waals surface area contributed by atoms with Crippen molar-refractivity contribution in [1.29, 1.82) is 5.26 Å². The number of rotatable bonds is 4. The van der Waals surface area contributed by atoms with Crippen LogP contribution in [0.15, 0.2) is 24.4 Å². The molecular weight excluding hydrogens is 334 g/mol. The second-order valence-corrected chi connectivity index (χ2v) is 7.53. The third-order valence-electron chi connectivity index (χ3n) is 4.66. The molecule has 0 atom stereocenters. The highest BCUT2D eigenvalue weighted by Gasteiger charge is 2.27. The zero-order valence-electron chi connectivity index (χ0n) is 14.6. The smallest absolute Gasteiger partial charge is 0.280 e. The van der Waals surface area contributed by atoms with Crippen molar-refractivity contribution in [3.05, 3.63) is 40.4 Å². The number of aromatic nitrogens is 1. The predicted molar refractivity (Wildman–Crippen MR) is 97.9 cm³/mol. The first kappa shape index (κ1) is 17.4. The first-order valence-corrected chi connectivity index (χ1v) is 9.25. The molecule has 0 radical (unpaired) electrons. The summed E-state index contributed by atoms with van der Waals surface area (Å²) in [5.74, 6) is 1.10. The molecular formula is C18H23N5OS+2. The molecule has 0 saturated carbocycles. The van der Waals surface area contributed by atoms with E-state index in [-0.39, 0.29) is 5.91 Å². The molecule has 3 rings (SSSR count). The van der Waals surface area contributed by atoms with E-state index in [9.17, 15) is 10.1 Å². The van der Waals surface area contributed by atoms with E-state index < -0.39 is 0 Å². The number of aryl methyl sites for hydroxylation is 1. The molecule has 25 heavy (non-hydrogen) atoms. The van der Waals surface area contributed by atoms with Crippen molar-refractivity contribution in [2.45, 2.75) is 13.8 Å². The zero-order valence-corrected chi connectivity index (χ0v) is 15.4. The predicted octanol–water partition coefficient (Wildman–Crippen LogP) is 0.394. The average molecular weight is 357 g/mol. The molecule has 3 heterocycles. The lowest BCUT2D eigenvalue weighted by Gasteiger charge is -2.27. The third-order valence-corrected chi connectivity index (χ3v) is 5.79. The first-order chi connectivity index (χ1) is 12.1. The fourth-order valence-corrected chi connectivity index (χ4v) is 4.10. The van der Waals surface area contributed by atoms with E-state index in [0.717, 1.165) is 42.4 Å². The molecule has 0 spiro atoms. The number of H-pyrrole nitrogens is 1. The molecule has 130 valence electrons. The number of carbonyl (C=O) groups is 1. The number of nitrogens with zero attached hydrogens (tertiary/aromatic N) is 2. The Morgan fingerprint density at radius 2 is 2.16 bits per heavy atom. The van der Waals surface area contributed by atoms with Crippen LogP contribution < -0.4 is 20.1 Å². The highest BCUT2D eigenvalue weighted by Crippen LogP contribution is 2.31. The van der Waals surface area contributed by atoms with Crippen LogP contribution in [-0.2, 0) is 4.79 Å². The lowest BCUT2D eigenvalue weighted by Crippen LogP contribution is -3.15. The van der Waals surface area contributed by atoms with E-state index in [4.69, 9.17) is 0 Å². The minimum atomic E-state index is -0.0209. The number of piperazine rings is 1. The monoisotopic (exact) mass is 357 g/mol. The molecule has 1 aliphatic heterocycles. The highest BCUT2D eigenvalue weighted by atomic mass is 32.1. The molecule has 2 aromatic heterocycles. The maximum Gasteiger partial charge on any atom is 0.280 e. The molecule has 0 aromatic carbocycles. The number of pyridine rings is 1. The molecule has 1 aliphatic rings. The van der Waals surface area contributed by atoms with Gasteiger partial charge in [0.05, 0.1) is 11.8 Å². The number of thiophene rings is 1. The van der Waals surface area contributed by atoms with Crippen LogP contribution in [-0.4, -0.2) is 38.6 Å². The molecule has 2 aromatic rings. The quantitative estimate of drug-likeness (QED) is 0.832. The van der Waals surface area contributed by atoms with Crippen LogP contribution in [0.25, 0.3) is 0 Å². The van der Waals surface area contributed by atoms with Crippen molar-refractivity contribution < 1.29 is 14.7 Å². The van der Waals surface area contributed by atoms with Crippen LogP contribution in [0, 0.1) is 25.2 Å². The largest absolute Gasteiger partial charge is 0.321 e. The number of quaternary nitrogens is 1. The summed E-state index contributed by atoms with van der Waals surface area (Å²) in [5, 5.41) is 12.9. The molecule has 6 nitrogen and oxygen atoms in total. The maximum atomic E-state index is 12.4. The van der Waals surface area contributed by atoms with Gasteiger partial charge in [-0.1, -0.05) is 6.07 Å². The molecule has 1 fully saturated rings. The summed E-state index contributed by atoms with van der Waals surface area (Å²) in [4.78, 5) is 20.3. The summed E-state index contributed by atoms with van der Waals surface area (Å²) < 4.78 is 0. The molecule has 0 aliphatic carbocycles. The SMILES string of the molecule is Cc1sc(NC(=O)C[NH+]2CCN(c3cccc[nH+]3)CC2)c(C#N)c1C. The Balaban J connectivity index is 1.53. The zero-order chi connectivity index (χ0) is 17.8. The van der Waals surface area contributed by atoms with Crippen molar-refractivity contribution in [3.63, 3.8) is 0 Å². The topological polar surface area (TPSA) is 74.7 Å². The second kappa shape index (κ2) is 7.64. The number of nitriles is 1. The number of nitrogens with one attached hydrogen (secondary N) is 3. The highest BCUT2D eigenvalue weighted by molar-refractivity contribution is 7.16. The van der Waals surface area contributed by atoms with E-state index in [1.54, 1.807) is 0 Å². The van der Waals surface area contributed by atoms with Crippen LogP contribution in [0.1, 0.15) is 16.0 Å². The Kier molecular flexibility index (Phi) is 5.31. The van der Waals surface area contributed by atoms with Crippen molar-refractivity contribution in [2.75, 3.05) is 42.9 Å². The fourth-order valence-electron chi connectivity index (χ4n) is 3.07. The van der Waals surface area contributed by atoms with Crippen molar-refractivity contribution in [2.24, 2.45) is 0 Å². The molecule has 0 unspecified atom stereocenters. The van der Waals surface area contributed by atoms with E-state index >= 15 is 0 Å². The Labute approximate surface area is 151 Å². The molecule has 1 amide bonds. The standard InChI is InChI=1S/C18H21N5OS/c1-13-14(2)25-18(15(13)11-19)21-17(24)12-22-7-9-23(10-8-22)16-5-3-4-6-20-16/h3-6H,7-10,12H2,1-2H3,(H,21,24)/p+2. The van der Waals surface area contributed by atoms with Gasteiger partial charge in [-0.15, -0.1) is 11.3 Å². The van der Waals surface area contributed by atoms with Gasteiger partial charge in [-0.2, -0.15) is 5.26 Å². The number of amides is 1. The van der Waals surface area contributed by atoms with Crippen molar-refractivity contribution in [3.8, 4) is 6.07 Å². The number of hydrogen-bond acceptors (Lipinski definition) is 4. The molecule has 7 heteroatoms. The molecule has 0 bridgehead atoms. The summed E-state index contributed by atoms with van der Waals surface area (Å²) in [6.45, 7) is 8.01. The fraction of sp³-hybridized carbons (Fsp3) is 0.389. The van der Waals surface area contributed by atoms with Gasteiger partial charge in [-0.25, -0.2) is 4.98 Å². The second-order valence-electron chi connectivity index (χ2n) is 6.31. The average Bonchev–Trinajstić information content (AvgIpc) is 2.89. The lowest BCUT2D eigenvalue weighted by molar-refractivity contribution is -0.892. The van der Waals surface area contributed by atoms with Crippen molar-refractivity contribution >= 4 is 28.1 Å². The number of anilines is 2. The van der Waals surface area contributed by atoms with Gasteiger partial charge in [0.15, 0.2) is 6.54 Å². The summed E-state index contributed by atoms with van der Waals surface area (Å²) in [5.41, 5.74) is 1.55. The number of hydrogen-bond donors (Lipinski definition) is 2. The Hall–Kier alpha value is -2.43. The molecule has 3 N–H and O–H groups in total. The normalized spacial score (nSPS) is 15.0. The van der Waals surface area contributed by atoms with Crippen LogP contribution >= 0.6 is 11.3 Å². The minimum Gasteiger partial charge on any atom is -0.321 e. The van der Waals surface area contributed by atoms with Crippen LogP contribution in [0.3, 0.4) is 0 Å². The van der Waals surface area contributed by atoms with E-state index in [1.165, 1.54) is 16.2 Å². The third kappa shape index (κ3) is 3.98. The van der Waals surface area contributed by atoms with Gasteiger partial charge < -0.3 is 10.2 Å². The summed E-state index contributed by atoms with van der Waals surface area (Å²) >= 11 is 1.48. The van der Waals surface area contributed by atoms with Gasteiger partial charge in [0, 0.05) is 10.9 Å². The van der Waals surface area contributed by atoms with Crippen molar-refractivity contribution in [1.82, 2.24) is 0 Å². The summed E-state index contributed by atoms with van der Waals surface area (Å²) in [6.07, 6.45) is 1.93. The number of aromatic amines is 1. The van der Waals surface area contributed by atoms with Gasteiger partial charge in [0.1, 0.15) is 37.2 Å². The minimum absolute atomic E-state index is 0.0209. The van der Waals surface area contributed by atoms with E-state index in [2.05, 4.69) is 27.3 Å². The Morgan fingerprint density at radius 3 is 2.80 bits per heavy atom. The summed E-state index contributed by atoms with van der Waals surface area (Å²) in [6, 6.07) is 8.26. The van der Waals surface area contributed by atoms with Gasteiger partial charge in [0.2, 0.25) is 0 Å². The van der Waals surface area contributed by atoms with Crippen LogP contribution in [0.5, 0.6) is 0 Å². The van der Waals surface area contributed by atoms with Crippen LogP contribution in [0.2, 0.25) is 0 Å². The number of carbonyl (C=O) groups excluding carboxylic acids is 1. The van der Waals surface area contributed by atoms with E-state index in [1.807, 2.05) is 32.2 Å². The Bertz CT molecular complexity index is 788. The van der Waals surface area contributed by atoms with Gasteiger partial charge in [-0.05, 0) is 25.5 Å². The van der Waals surface area contributed by atoms with Crippen LogP contribution in [0.4, 0.5) is 10.8 Å². The lowest BCUT2D eigenvalue weighted by atomic mass is 10.2. The van der Waals surface area contributed by atoms with Gasteiger partial charge in [0.25, 0.3) is 11.7 Å².